The van der Waals surface area contributed by atoms with Gasteiger partial charge in [-0.3, -0.25) is 19.8 Å². The SMILES string of the molecule is C=CCO[C@@]12Oc3ccc(OCCN4CC4)cc3[C@H]3[C@H](CCCCO)[C@@H](CCCCO)C=C(C(=NOCc4ccc([N+](=O)[O-])cc4)C[C@@H]1N(Cc1ccc4c(c1)OCO4)C(=O)c1ccc(C#N)cc1)[C@H]32. The lowest BCUT2D eigenvalue weighted by Gasteiger charge is -2.60. The summed E-state index contributed by atoms with van der Waals surface area (Å²) >= 11 is 0. The highest BCUT2D eigenvalue weighted by Gasteiger charge is 2.65. The molecular formula is C54H59N5O11. The summed E-state index contributed by atoms with van der Waals surface area (Å²) in [4.78, 5) is 36.9. The number of nitro benzene ring substituents is 1. The lowest BCUT2D eigenvalue weighted by Crippen LogP contribution is -2.70. The van der Waals surface area contributed by atoms with Crippen LogP contribution in [0.5, 0.6) is 23.0 Å². The van der Waals surface area contributed by atoms with E-state index in [4.69, 9.17) is 33.7 Å². The zero-order valence-corrected chi connectivity index (χ0v) is 39.2. The number of nitrogens with zero attached hydrogens (tertiary/aromatic N) is 5. The van der Waals surface area contributed by atoms with Gasteiger partial charge in [0.25, 0.3) is 11.6 Å². The molecule has 0 bridgehead atoms. The molecule has 16 heteroatoms. The van der Waals surface area contributed by atoms with Gasteiger partial charge >= 0.3 is 0 Å². The molecule has 6 atom stereocenters. The minimum Gasteiger partial charge on any atom is -0.492 e. The number of ether oxygens (including phenoxy) is 5. The van der Waals surface area contributed by atoms with E-state index in [-0.39, 0.29) is 75.5 Å². The number of carbonyl (C=O) groups excluding carboxylic acids is 1. The van der Waals surface area contributed by atoms with Crippen LogP contribution in [0.2, 0.25) is 0 Å². The van der Waals surface area contributed by atoms with Gasteiger partial charge in [0.2, 0.25) is 12.6 Å². The van der Waals surface area contributed by atoms with Crippen LogP contribution in [0.1, 0.15) is 83.5 Å². The number of aliphatic hydroxyl groups excluding tert-OH is 2. The maximum Gasteiger partial charge on any atom is 0.269 e. The van der Waals surface area contributed by atoms with Gasteiger partial charge in [-0.2, -0.15) is 5.26 Å². The van der Waals surface area contributed by atoms with E-state index in [0.29, 0.717) is 64.8 Å². The smallest absolute Gasteiger partial charge is 0.269 e. The summed E-state index contributed by atoms with van der Waals surface area (Å²) in [5, 5.41) is 46.2. The molecule has 4 aromatic rings. The van der Waals surface area contributed by atoms with Crippen molar-refractivity contribution >= 4 is 17.3 Å². The number of non-ortho nitro benzene ring substituents is 1. The Kier molecular flexibility index (Phi) is 15.1. The van der Waals surface area contributed by atoms with Crippen LogP contribution in [-0.4, -0.2) is 101 Å². The van der Waals surface area contributed by atoms with Crippen LogP contribution in [-0.2, 0) is 22.7 Å². The number of unbranched alkanes of at least 4 members (excludes halogenated alkanes) is 2. The highest BCUT2D eigenvalue weighted by Crippen LogP contribution is 2.62. The first kappa shape index (κ1) is 48.3. The van der Waals surface area contributed by atoms with E-state index in [1.807, 2.05) is 30.3 Å². The predicted molar refractivity (Wildman–Crippen MR) is 258 cm³/mol. The maximum absolute atomic E-state index is 15.5. The first-order chi connectivity index (χ1) is 34.2. The maximum atomic E-state index is 15.5. The molecule has 0 radical (unpaired) electrons. The number of nitriles is 1. The number of hydrogen-bond donors (Lipinski definition) is 2. The number of fused-ring (bicyclic) bond motifs is 3. The van der Waals surface area contributed by atoms with Crippen LogP contribution < -0.4 is 18.9 Å². The Morgan fingerprint density at radius 1 is 0.957 bits per heavy atom. The highest BCUT2D eigenvalue weighted by atomic mass is 16.7. The van der Waals surface area contributed by atoms with Gasteiger partial charge in [0, 0.05) is 75.0 Å². The summed E-state index contributed by atoms with van der Waals surface area (Å²) in [5.74, 6) is -0.339. The standard InChI is InChI=1S/C54H59N5O11/c1-2-26-68-54-50(58(53(62)39-14-9-36(32-55)10-15-39)33-38-13-19-48-49(28-38)67-35-66-48)31-46(56-69-34-37-11-16-41(17-12-37)59(63)64)44-29-40(7-3-5-24-60)43(8-4-6-25-61)51(52(44)54)45-30-42(18-20-47(45)70-54)65-27-23-57-21-22-57/h2,9-20,28-30,40,43,50-52,60-61H,1,3-8,21-27,31,33-35H2/t40-,43+,50-,51+,52+,54+/m0/s1. The van der Waals surface area contributed by atoms with Crippen molar-refractivity contribution < 1.29 is 48.5 Å². The van der Waals surface area contributed by atoms with Gasteiger partial charge in [-0.05, 0) is 121 Å². The second-order valence-electron chi connectivity index (χ2n) is 18.5. The van der Waals surface area contributed by atoms with Crippen LogP contribution in [0.3, 0.4) is 0 Å². The number of oxime groups is 1. The summed E-state index contributed by atoms with van der Waals surface area (Å²) < 4.78 is 32.6. The van der Waals surface area contributed by atoms with Crippen molar-refractivity contribution in [3.8, 4) is 29.1 Å². The van der Waals surface area contributed by atoms with Crippen molar-refractivity contribution in [1.29, 1.82) is 5.26 Å². The first-order valence-corrected chi connectivity index (χ1v) is 24.2. The van der Waals surface area contributed by atoms with Crippen molar-refractivity contribution in [3.05, 3.63) is 147 Å². The molecule has 5 aliphatic rings. The van der Waals surface area contributed by atoms with Crippen molar-refractivity contribution in [2.45, 2.75) is 75.8 Å². The summed E-state index contributed by atoms with van der Waals surface area (Å²) in [6.07, 6.45) is 8.37. The number of aliphatic hydroxyl groups is 2. The molecule has 3 heterocycles. The molecule has 1 saturated heterocycles. The number of hydrogen-bond acceptors (Lipinski definition) is 14. The van der Waals surface area contributed by atoms with Gasteiger partial charge in [0.1, 0.15) is 30.8 Å². The normalized spacial score (nSPS) is 23.2. The van der Waals surface area contributed by atoms with Gasteiger partial charge in [0.05, 0.1) is 34.8 Å². The minimum absolute atomic E-state index is 0.00164. The molecule has 3 aliphatic heterocycles. The fourth-order valence-electron chi connectivity index (χ4n) is 10.6. The van der Waals surface area contributed by atoms with Crippen LogP contribution in [0.25, 0.3) is 0 Å². The Balaban J connectivity index is 1.23. The van der Waals surface area contributed by atoms with E-state index in [2.05, 4.69) is 29.7 Å². The van der Waals surface area contributed by atoms with Gasteiger partial charge in [-0.25, -0.2) is 0 Å². The zero-order chi connectivity index (χ0) is 48.6. The molecule has 4 aromatic carbocycles. The number of benzene rings is 4. The third-order valence-corrected chi connectivity index (χ3v) is 14.1. The Hall–Kier alpha value is -6.77. The summed E-state index contributed by atoms with van der Waals surface area (Å²) in [6.45, 7) is 7.87. The summed E-state index contributed by atoms with van der Waals surface area (Å²) in [7, 11) is 0. The molecule has 0 unspecified atom stereocenters. The number of allylic oxidation sites excluding steroid dienone is 1. The van der Waals surface area contributed by atoms with E-state index in [0.717, 1.165) is 62.0 Å². The van der Waals surface area contributed by atoms with Gasteiger partial charge < -0.3 is 43.6 Å². The van der Waals surface area contributed by atoms with Crippen molar-refractivity contribution in [2.24, 2.45) is 22.9 Å². The van der Waals surface area contributed by atoms with Crippen LogP contribution >= 0.6 is 0 Å². The third kappa shape index (κ3) is 10.4. The van der Waals surface area contributed by atoms with Crippen molar-refractivity contribution in [1.82, 2.24) is 9.80 Å². The number of rotatable bonds is 23. The average molecular weight is 954 g/mol. The lowest BCUT2D eigenvalue weighted by atomic mass is 9.55. The minimum atomic E-state index is -1.55. The molecule has 16 nitrogen and oxygen atoms in total. The molecule has 2 fully saturated rings. The highest BCUT2D eigenvalue weighted by molar-refractivity contribution is 6.03. The monoisotopic (exact) mass is 953 g/mol. The van der Waals surface area contributed by atoms with E-state index < -0.39 is 22.7 Å². The Bertz CT molecular complexity index is 2630. The summed E-state index contributed by atoms with van der Waals surface area (Å²) in [5.41, 5.74) is 4.52. The van der Waals surface area contributed by atoms with Crippen molar-refractivity contribution in [3.63, 3.8) is 0 Å². The molecule has 2 aliphatic carbocycles. The van der Waals surface area contributed by atoms with Crippen LogP contribution in [0.4, 0.5) is 5.69 Å². The Labute approximate surface area is 407 Å². The number of nitro groups is 1. The molecule has 2 N–H and O–H groups in total. The van der Waals surface area contributed by atoms with E-state index in [1.54, 1.807) is 47.4 Å². The molecule has 1 amide bonds. The largest absolute Gasteiger partial charge is 0.492 e. The molecule has 366 valence electrons. The molecule has 0 spiro atoms. The fraction of sp³-hybridized carbons (Fsp3) is 0.426. The van der Waals surface area contributed by atoms with E-state index >= 15 is 4.79 Å². The second kappa shape index (κ2) is 21.9. The second-order valence-corrected chi connectivity index (χ2v) is 18.5. The quantitative estimate of drug-likeness (QED) is 0.0238. The molecule has 0 aromatic heterocycles. The molecule has 9 rings (SSSR count). The predicted octanol–water partition coefficient (Wildman–Crippen LogP) is 8.07. The van der Waals surface area contributed by atoms with Crippen molar-refractivity contribution in [2.75, 3.05) is 52.9 Å². The van der Waals surface area contributed by atoms with Crippen LogP contribution in [0, 0.1) is 39.2 Å². The number of carbonyl (C=O) groups is 1. The van der Waals surface area contributed by atoms with Gasteiger partial charge in [-0.1, -0.05) is 36.2 Å². The van der Waals surface area contributed by atoms with E-state index in [9.17, 15) is 25.6 Å². The third-order valence-electron chi connectivity index (χ3n) is 14.1. The van der Waals surface area contributed by atoms with Gasteiger partial charge in [-0.15, -0.1) is 6.58 Å². The first-order valence-electron chi connectivity index (χ1n) is 24.2. The van der Waals surface area contributed by atoms with E-state index in [1.165, 1.54) is 12.1 Å². The lowest BCUT2D eigenvalue weighted by molar-refractivity contribution is -0.384. The Morgan fingerprint density at radius 2 is 1.70 bits per heavy atom. The zero-order valence-electron chi connectivity index (χ0n) is 39.2. The molecular weight excluding hydrogens is 895 g/mol. The topological polar surface area (TPSA) is 198 Å². The fourth-order valence-corrected chi connectivity index (χ4v) is 10.6. The van der Waals surface area contributed by atoms with Crippen LogP contribution in [0.15, 0.2) is 114 Å². The summed E-state index contributed by atoms with van der Waals surface area (Å²) in [6, 6.07) is 25.5. The Morgan fingerprint density at radius 3 is 2.43 bits per heavy atom. The van der Waals surface area contributed by atoms with Gasteiger partial charge in [0.15, 0.2) is 11.5 Å². The average Bonchev–Trinajstić information content (AvgIpc) is 4.09. The molecule has 1 saturated carbocycles. The molecule has 70 heavy (non-hydrogen) atoms. The number of amides is 1.